The van der Waals surface area contributed by atoms with Crippen LogP contribution in [0.2, 0.25) is 0 Å². The van der Waals surface area contributed by atoms with Crippen LogP contribution in [0.3, 0.4) is 0 Å². The van der Waals surface area contributed by atoms with E-state index in [9.17, 15) is 4.79 Å². The summed E-state index contributed by atoms with van der Waals surface area (Å²) >= 11 is 4.92. The van der Waals surface area contributed by atoms with Gasteiger partial charge >= 0.3 is 0 Å². The van der Waals surface area contributed by atoms with Crippen LogP contribution in [0.1, 0.15) is 20.3 Å². The molecule has 0 rings (SSSR count). The Bertz CT molecular complexity index is 274. The van der Waals surface area contributed by atoms with Gasteiger partial charge in [-0.1, -0.05) is 19.1 Å². The van der Waals surface area contributed by atoms with Crippen molar-refractivity contribution in [2.45, 2.75) is 26.3 Å². The van der Waals surface area contributed by atoms with Gasteiger partial charge in [-0.15, -0.1) is 0 Å². The minimum Gasteiger partial charge on any atom is -0.393 e. The van der Waals surface area contributed by atoms with Crippen LogP contribution in [0.15, 0.2) is 0 Å². The number of thiocarbonyl (C=S) groups is 1. The molecular weight excluding hydrogens is 250 g/mol. The van der Waals surface area contributed by atoms with Gasteiger partial charge in [-0.25, -0.2) is 0 Å². The Morgan fingerprint density at radius 2 is 2.11 bits per heavy atom. The maximum Gasteiger partial charge on any atom is 0.237 e. The van der Waals surface area contributed by atoms with Crippen LogP contribution in [0.4, 0.5) is 0 Å². The SMILES string of the molecule is COCCCNC(=O)C(C)N(C)CC(C)C(N)=S. The lowest BCUT2D eigenvalue weighted by atomic mass is 10.1. The maximum atomic E-state index is 11.8. The van der Waals surface area contributed by atoms with Crippen LogP contribution in [-0.2, 0) is 9.53 Å². The number of nitrogens with two attached hydrogens (primary N) is 1. The highest BCUT2D eigenvalue weighted by Gasteiger charge is 2.19. The third-order valence-corrected chi connectivity index (χ3v) is 3.31. The van der Waals surface area contributed by atoms with Crippen molar-refractivity contribution < 1.29 is 9.53 Å². The average molecular weight is 275 g/mol. The molecule has 0 spiro atoms. The fraction of sp³-hybridized carbons (Fsp3) is 0.833. The summed E-state index contributed by atoms with van der Waals surface area (Å²) in [6.45, 7) is 5.81. The number of ether oxygens (including phenoxy) is 1. The number of hydrogen-bond acceptors (Lipinski definition) is 4. The van der Waals surface area contributed by atoms with Gasteiger partial charge < -0.3 is 15.8 Å². The van der Waals surface area contributed by atoms with E-state index < -0.39 is 0 Å². The Balaban J connectivity index is 4.00. The summed E-state index contributed by atoms with van der Waals surface area (Å²) in [7, 11) is 3.55. The number of amides is 1. The molecule has 0 saturated carbocycles. The first-order valence-electron chi connectivity index (χ1n) is 6.16. The van der Waals surface area contributed by atoms with Crippen LogP contribution in [0, 0.1) is 5.92 Å². The van der Waals surface area contributed by atoms with Gasteiger partial charge in [0.1, 0.15) is 0 Å². The van der Waals surface area contributed by atoms with Crippen molar-refractivity contribution in [2.75, 3.05) is 33.9 Å². The number of carbonyl (C=O) groups is 1. The summed E-state index contributed by atoms with van der Waals surface area (Å²) in [5, 5.41) is 2.88. The topological polar surface area (TPSA) is 67.6 Å². The van der Waals surface area contributed by atoms with Crippen molar-refractivity contribution in [3.05, 3.63) is 0 Å². The van der Waals surface area contributed by atoms with E-state index in [1.54, 1.807) is 7.11 Å². The van der Waals surface area contributed by atoms with E-state index in [2.05, 4.69) is 5.32 Å². The zero-order valence-electron chi connectivity index (χ0n) is 11.7. The highest BCUT2D eigenvalue weighted by Crippen LogP contribution is 2.03. The van der Waals surface area contributed by atoms with Gasteiger partial charge in [0.15, 0.2) is 0 Å². The minimum absolute atomic E-state index is 0.0174. The molecule has 2 atom stereocenters. The fourth-order valence-corrected chi connectivity index (χ4v) is 1.53. The van der Waals surface area contributed by atoms with Crippen molar-refractivity contribution in [3.8, 4) is 0 Å². The Hall–Kier alpha value is -0.720. The Labute approximate surface area is 115 Å². The van der Waals surface area contributed by atoms with E-state index in [1.165, 1.54) is 0 Å². The van der Waals surface area contributed by atoms with Gasteiger partial charge in [-0.3, -0.25) is 9.69 Å². The normalized spacial score (nSPS) is 14.3. The van der Waals surface area contributed by atoms with Crippen molar-refractivity contribution in [1.82, 2.24) is 10.2 Å². The lowest BCUT2D eigenvalue weighted by Gasteiger charge is -2.26. The quantitative estimate of drug-likeness (QED) is 0.470. The zero-order chi connectivity index (χ0) is 14.1. The molecule has 5 nitrogen and oxygen atoms in total. The smallest absolute Gasteiger partial charge is 0.237 e. The third kappa shape index (κ3) is 6.88. The number of rotatable bonds is 9. The van der Waals surface area contributed by atoms with Gasteiger partial charge in [0.2, 0.25) is 5.91 Å². The second kappa shape index (κ2) is 9.24. The Morgan fingerprint density at radius 3 is 2.61 bits per heavy atom. The standard InChI is InChI=1S/C12H25N3O2S/c1-9(11(13)18)8-15(3)10(2)12(16)14-6-5-7-17-4/h9-10H,5-8H2,1-4H3,(H2,13,18)(H,14,16). The first-order chi connectivity index (χ1) is 8.40. The van der Waals surface area contributed by atoms with Crippen molar-refractivity contribution >= 4 is 23.1 Å². The largest absolute Gasteiger partial charge is 0.393 e. The van der Waals surface area contributed by atoms with E-state index >= 15 is 0 Å². The first-order valence-corrected chi connectivity index (χ1v) is 6.57. The van der Waals surface area contributed by atoms with Crippen molar-refractivity contribution in [1.29, 1.82) is 0 Å². The molecular formula is C12H25N3O2S. The number of likely N-dealkylation sites (N-methyl/N-ethyl adjacent to an activating group) is 1. The van der Waals surface area contributed by atoms with E-state index in [0.29, 0.717) is 24.7 Å². The Kier molecular flexibility index (Phi) is 8.87. The van der Waals surface area contributed by atoms with E-state index in [-0.39, 0.29) is 17.9 Å². The molecule has 0 saturated heterocycles. The highest BCUT2D eigenvalue weighted by molar-refractivity contribution is 7.80. The van der Waals surface area contributed by atoms with Gasteiger partial charge in [-0.05, 0) is 20.4 Å². The summed E-state index contributed by atoms with van der Waals surface area (Å²) in [6, 6.07) is -0.190. The molecule has 0 heterocycles. The predicted molar refractivity (Wildman–Crippen MR) is 77.5 cm³/mol. The van der Waals surface area contributed by atoms with Gasteiger partial charge in [0.25, 0.3) is 0 Å². The van der Waals surface area contributed by atoms with Crippen LogP contribution >= 0.6 is 12.2 Å². The van der Waals surface area contributed by atoms with E-state index in [4.69, 9.17) is 22.7 Å². The molecule has 0 fully saturated rings. The van der Waals surface area contributed by atoms with Crippen LogP contribution in [0.5, 0.6) is 0 Å². The predicted octanol–water partition coefficient (Wildman–Crippen LogP) is 0.382. The molecule has 0 aromatic carbocycles. The molecule has 0 aliphatic carbocycles. The molecule has 18 heavy (non-hydrogen) atoms. The summed E-state index contributed by atoms with van der Waals surface area (Å²) in [5.41, 5.74) is 5.56. The van der Waals surface area contributed by atoms with Gasteiger partial charge in [-0.2, -0.15) is 0 Å². The Morgan fingerprint density at radius 1 is 1.50 bits per heavy atom. The van der Waals surface area contributed by atoms with Crippen molar-refractivity contribution in [2.24, 2.45) is 11.7 Å². The molecule has 1 amide bonds. The summed E-state index contributed by atoms with van der Waals surface area (Å²) in [5.74, 6) is 0.123. The van der Waals surface area contributed by atoms with E-state index in [0.717, 1.165) is 6.42 Å². The molecule has 0 aliphatic heterocycles. The minimum atomic E-state index is -0.190. The number of hydrogen-bond donors (Lipinski definition) is 2. The van der Waals surface area contributed by atoms with Crippen molar-refractivity contribution in [3.63, 3.8) is 0 Å². The molecule has 0 aromatic heterocycles. The second-order valence-corrected chi connectivity index (χ2v) is 5.03. The molecule has 3 N–H and O–H groups in total. The molecule has 0 bridgehead atoms. The fourth-order valence-electron chi connectivity index (χ4n) is 1.46. The third-order valence-electron chi connectivity index (χ3n) is 2.91. The summed E-state index contributed by atoms with van der Waals surface area (Å²) in [6.07, 6.45) is 0.821. The molecule has 2 unspecified atom stereocenters. The number of nitrogens with zero attached hydrogens (tertiary/aromatic N) is 1. The molecule has 0 aromatic rings. The number of methoxy groups -OCH3 is 1. The average Bonchev–Trinajstić information content (AvgIpc) is 2.33. The van der Waals surface area contributed by atoms with Crippen LogP contribution < -0.4 is 11.1 Å². The summed E-state index contributed by atoms with van der Waals surface area (Å²) in [4.78, 5) is 14.3. The van der Waals surface area contributed by atoms with Gasteiger partial charge in [0.05, 0.1) is 11.0 Å². The van der Waals surface area contributed by atoms with E-state index in [1.807, 2.05) is 25.8 Å². The van der Waals surface area contributed by atoms with Gasteiger partial charge in [0, 0.05) is 32.7 Å². The molecule has 0 radical (unpaired) electrons. The molecule has 0 aliphatic rings. The second-order valence-electron chi connectivity index (χ2n) is 4.56. The number of carbonyl (C=O) groups excluding carboxylic acids is 1. The lowest BCUT2D eigenvalue weighted by Crippen LogP contribution is -2.46. The van der Waals surface area contributed by atoms with Crippen LogP contribution in [-0.4, -0.2) is 55.7 Å². The van der Waals surface area contributed by atoms with Crippen LogP contribution in [0.25, 0.3) is 0 Å². The number of nitrogens with one attached hydrogen (secondary N) is 1. The maximum absolute atomic E-state index is 11.8. The monoisotopic (exact) mass is 275 g/mol. The highest BCUT2D eigenvalue weighted by atomic mass is 32.1. The summed E-state index contributed by atoms with van der Waals surface area (Å²) < 4.78 is 4.92. The first kappa shape index (κ1) is 17.3. The zero-order valence-corrected chi connectivity index (χ0v) is 12.5. The lowest BCUT2D eigenvalue weighted by molar-refractivity contribution is -0.125. The molecule has 106 valence electrons. The molecule has 6 heteroatoms.